The number of nitro benzene ring substituents is 1. The predicted molar refractivity (Wildman–Crippen MR) is 98.0 cm³/mol. The SMILES string of the molecule is O=[N+]([O-])c1cccc(-c2csc(NC3=NS(=O)(=O)c4ccccc43)n2)c1. The van der Waals surface area contributed by atoms with Gasteiger partial charge in [0.2, 0.25) is 0 Å². The number of non-ortho nitro benzene ring substituents is 1. The number of hydrogen-bond donors (Lipinski definition) is 1. The van der Waals surface area contributed by atoms with Crippen LogP contribution in [0.4, 0.5) is 10.8 Å². The molecule has 4 rings (SSSR count). The van der Waals surface area contributed by atoms with E-state index in [1.807, 2.05) is 0 Å². The molecule has 2 heterocycles. The molecule has 1 aliphatic rings. The minimum atomic E-state index is -3.71. The standard InChI is InChI=1S/C16H10N4O4S2/c21-20(22)11-5-3-4-10(8-11)13-9-25-16(17-13)18-15-12-6-1-2-7-14(12)26(23,24)19-15/h1-9H,(H,17,18,19). The first kappa shape index (κ1) is 16.4. The first-order valence-corrected chi connectivity index (χ1v) is 9.68. The van der Waals surface area contributed by atoms with E-state index < -0.39 is 14.9 Å². The normalized spacial score (nSPS) is 14.5. The van der Waals surface area contributed by atoms with Crippen LogP contribution in [-0.2, 0) is 10.0 Å². The van der Waals surface area contributed by atoms with Crippen molar-refractivity contribution < 1.29 is 13.3 Å². The van der Waals surface area contributed by atoms with Crippen LogP contribution in [0.5, 0.6) is 0 Å². The Balaban J connectivity index is 1.65. The number of anilines is 1. The third-order valence-corrected chi connectivity index (χ3v) is 5.81. The highest BCUT2D eigenvalue weighted by molar-refractivity contribution is 7.90. The zero-order valence-electron chi connectivity index (χ0n) is 13.0. The summed E-state index contributed by atoms with van der Waals surface area (Å²) in [5.41, 5.74) is 1.62. The fourth-order valence-electron chi connectivity index (χ4n) is 2.54. The third-order valence-electron chi connectivity index (χ3n) is 3.71. The highest BCUT2D eigenvalue weighted by Crippen LogP contribution is 2.30. The van der Waals surface area contributed by atoms with Gasteiger partial charge in [0.05, 0.1) is 10.6 Å². The molecule has 0 atom stereocenters. The Kier molecular flexibility index (Phi) is 3.78. The van der Waals surface area contributed by atoms with Crippen LogP contribution in [0.15, 0.2) is 63.2 Å². The molecule has 0 fully saturated rings. The lowest BCUT2D eigenvalue weighted by atomic mass is 10.1. The smallest absolute Gasteiger partial charge is 0.285 e. The maximum atomic E-state index is 12.1. The summed E-state index contributed by atoms with van der Waals surface area (Å²) in [4.78, 5) is 15.0. The molecule has 0 unspecified atom stereocenters. The second-order valence-electron chi connectivity index (χ2n) is 5.38. The molecule has 2 aromatic carbocycles. The van der Waals surface area contributed by atoms with Crippen LogP contribution in [0.3, 0.4) is 0 Å². The van der Waals surface area contributed by atoms with Crippen molar-refractivity contribution in [2.75, 3.05) is 5.32 Å². The molecule has 1 aliphatic heterocycles. The zero-order valence-corrected chi connectivity index (χ0v) is 14.6. The van der Waals surface area contributed by atoms with Crippen LogP contribution in [0.25, 0.3) is 11.3 Å². The lowest BCUT2D eigenvalue weighted by Gasteiger charge is -2.02. The van der Waals surface area contributed by atoms with Crippen molar-refractivity contribution in [3.05, 3.63) is 69.6 Å². The second kappa shape index (κ2) is 6.00. The number of benzene rings is 2. The number of amidine groups is 1. The van der Waals surface area contributed by atoms with Crippen molar-refractivity contribution >= 4 is 38.0 Å². The molecule has 1 aromatic heterocycles. The van der Waals surface area contributed by atoms with E-state index in [1.165, 1.54) is 29.5 Å². The van der Waals surface area contributed by atoms with E-state index in [0.717, 1.165) is 0 Å². The second-order valence-corrected chi connectivity index (χ2v) is 7.81. The highest BCUT2D eigenvalue weighted by atomic mass is 32.2. The van der Waals surface area contributed by atoms with E-state index in [-0.39, 0.29) is 16.4 Å². The van der Waals surface area contributed by atoms with E-state index in [2.05, 4.69) is 14.7 Å². The van der Waals surface area contributed by atoms with E-state index in [9.17, 15) is 18.5 Å². The Labute approximate surface area is 152 Å². The summed E-state index contributed by atoms with van der Waals surface area (Å²) in [5.74, 6) is 0.209. The Morgan fingerprint density at radius 3 is 2.73 bits per heavy atom. The fraction of sp³-hybridized carbons (Fsp3) is 0. The molecule has 0 saturated carbocycles. The van der Waals surface area contributed by atoms with Crippen LogP contribution in [0.1, 0.15) is 5.56 Å². The number of sulfonamides is 1. The van der Waals surface area contributed by atoms with Gasteiger partial charge in [-0.05, 0) is 12.1 Å². The Morgan fingerprint density at radius 1 is 1.12 bits per heavy atom. The minimum Gasteiger partial charge on any atom is -0.315 e. The third kappa shape index (κ3) is 2.85. The molecule has 3 aromatic rings. The van der Waals surface area contributed by atoms with Crippen LogP contribution < -0.4 is 5.32 Å². The number of hydrogen-bond acceptors (Lipinski definition) is 7. The van der Waals surface area contributed by atoms with Crippen LogP contribution >= 0.6 is 11.3 Å². The van der Waals surface area contributed by atoms with Crippen LogP contribution in [0, 0.1) is 10.1 Å². The quantitative estimate of drug-likeness (QED) is 0.546. The Hall–Kier alpha value is -3.11. The average molecular weight is 386 g/mol. The summed E-state index contributed by atoms with van der Waals surface area (Å²) in [6, 6.07) is 12.7. The van der Waals surface area contributed by atoms with Gasteiger partial charge in [0.25, 0.3) is 15.7 Å². The maximum absolute atomic E-state index is 12.1. The highest BCUT2D eigenvalue weighted by Gasteiger charge is 2.28. The van der Waals surface area contributed by atoms with Crippen LogP contribution in [0.2, 0.25) is 0 Å². The van der Waals surface area contributed by atoms with Crippen molar-refractivity contribution in [1.29, 1.82) is 0 Å². The number of fused-ring (bicyclic) bond motifs is 1. The van der Waals surface area contributed by atoms with E-state index in [1.54, 1.807) is 35.7 Å². The van der Waals surface area contributed by atoms with Gasteiger partial charge in [0.15, 0.2) is 11.0 Å². The van der Waals surface area contributed by atoms with Crippen molar-refractivity contribution in [2.45, 2.75) is 4.90 Å². The number of nitrogens with one attached hydrogen (secondary N) is 1. The van der Waals surface area contributed by atoms with Crippen molar-refractivity contribution in [1.82, 2.24) is 4.98 Å². The monoisotopic (exact) mass is 386 g/mol. The molecule has 10 heteroatoms. The maximum Gasteiger partial charge on any atom is 0.285 e. The fourth-order valence-corrected chi connectivity index (χ4v) is 4.43. The Bertz CT molecular complexity index is 1170. The molecule has 0 aliphatic carbocycles. The summed E-state index contributed by atoms with van der Waals surface area (Å²) in [5, 5.41) is 16.0. The van der Waals surface area contributed by atoms with Crippen molar-refractivity contribution in [3.63, 3.8) is 0 Å². The summed E-state index contributed by atoms with van der Waals surface area (Å²) in [6.07, 6.45) is 0. The van der Waals surface area contributed by atoms with Gasteiger partial charge < -0.3 is 5.32 Å². The Morgan fingerprint density at radius 2 is 1.92 bits per heavy atom. The number of nitro groups is 1. The van der Waals surface area contributed by atoms with Gasteiger partial charge in [0, 0.05) is 28.6 Å². The van der Waals surface area contributed by atoms with Gasteiger partial charge >= 0.3 is 0 Å². The van der Waals surface area contributed by atoms with E-state index in [0.29, 0.717) is 22.0 Å². The summed E-state index contributed by atoms with van der Waals surface area (Å²) >= 11 is 1.25. The minimum absolute atomic E-state index is 0.0230. The molecule has 130 valence electrons. The topological polar surface area (TPSA) is 115 Å². The molecule has 0 radical (unpaired) electrons. The van der Waals surface area contributed by atoms with Gasteiger partial charge in [-0.1, -0.05) is 24.3 Å². The lowest BCUT2D eigenvalue weighted by Crippen LogP contribution is -2.11. The molecule has 26 heavy (non-hydrogen) atoms. The van der Waals surface area contributed by atoms with Gasteiger partial charge in [0.1, 0.15) is 4.90 Å². The number of nitrogens with zero attached hydrogens (tertiary/aromatic N) is 3. The van der Waals surface area contributed by atoms with E-state index in [4.69, 9.17) is 0 Å². The van der Waals surface area contributed by atoms with Gasteiger partial charge in [-0.15, -0.1) is 15.7 Å². The van der Waals surface area contributed by atoms with Crippen molar-refractivity contribution in [2.24, 2.45) is 4.40 Å². The average Bonchev–Trinajstić information content (AvgIpc) is 3.19. The summed E-state index contributed by atoms with van der Waals surface area (Å²) < 4.78 is 27.9. The molecule has 1 N–H and O–H groups in total. The molecule has 8 nitrogen and oxygen atoms in total. The molecule has 0 spiro atoms. The zero-order chi connectivity index (χ0) is 18.3. The first-order valence-electron chi connectivity index (χ1n) is 7.36. The lowest BCUT2D eigenvalue weighted by molar-refractivity contribution is -0.384. The molecule has 0 amide bonds. The van der Waals surface area contributed by atoms with Gasteiger partial charge in [-0.25, -0.2) is 4.98 Å². The number of rotatable bonds is 3. The predicted octanol–water partition coefficient (Wildman–Crippen LogP) is 3.28. The molecular weight excluding hydrogens is 376 g/mol. The van der Waals surface area contributed by atoms with Crippen molar-refractivity contribution in [3.8, 4) is 11.3 Å². The molecular formula is C16H10N4O4S2. The summed E-state index contributed by atoms with van der Waals surface area (Å²) in [7, 11) is -3.71. The summed E-state index contributed by atoms with van der Waals surface area (Å²) in [6.45, 7) is 0. The molecule has 0 bridgehead atoms. The number of thiazole rings is 1. The molecule has 0 saturated heterocycles. The number of aromatic nitrogens is 1. The first-order chi connectivity index (χ1) is 12.4. The van der Waals surface area contributed by atoms with Gasteiger partial charge in [-0.3, -0.25) is 10.1 Å². The largest absolute Gasteiger partial charge is 0.315 e. The van der Waals surface area contributed by atoms with Gasteiger partial charge in [-0.2, -0.15) is 8.42 Å². The van der Waals surface area contributed by atoms with E-state index >= 15 is 0 Å². The van der Waals surface area contributed by atoms with Crippen LogP contribution in [-0.4, -0.2) is 24.2 Å².